The van der Waals surface area contributed by atoms with Crippen LogP contribution in [0.4, 0.5) is 17.1 Å². The molecule has 0 bridgehead atoms. The van der Waals surface area contributed by atoms with Gasteiger partial charge < -0.3 is 22.8 Å². The number of nitro groups is 3. The summed E-state index contributed by atoms with van der Waals surface area (Å²) in [4.78, 5) is 122. The van der Waals surface area contributed by atoms with Crippen LogP contribution in [0.15, 0.2) is 406 Å². The maximum absolute atomic E-state index is 13.4. The third-order valence-corrected chi connectivity index (χ3v) is 22.4. The highest BCUT2D eigenvalue weighted by atomic mass is 16.6. The molecule has 133 heavy (non-hydrogen) atoms. The fraction of sp³-hybridized carbons (Fsp3) is 0.0826. The molecule has 15 aromatic carbocycles. The fourth-order valence-electron chi connectivity index (χ4n) is 15.8. The Morgan fingerprint density at radius 1 is 0.218 bits per heavy atom. The minimum Gasteiger partial charge on any atom is -0.300 e. The summed E-state index contributed by atoms with van der Waals surface area (Å²) in [6.45, 7) is 9.84. The summed E-state index contributed by atoms with van der Waals surface area (Å²) >= 11 is 0. The Kier molecular flexibility index (Phi) is 27.0. The maximum Gasteiger partial charge on any atom is 0.278 e. The summed E-state index contributed by atoms with van der Waals surface area (Å²) in [7, 11) is 0. The fourth-order valence-corrected chi connectivity index (χ4v) is 15.8. The number of hydrogen-bond acceptors (Lipinski definition) is 16. The van der Waals surface area contributed by atoms with Crippen molar-refractivity contribution in [3.8, 4) is 56.3 Å². The van der Waals surface area contributed by atoms with Crippen LogP contribution >= 0.6 is 0 Å². The van der Waals surface area contributed by atoms with Gasteiger partial charge in [0.1, 0.15) is 28.5 Å². The lowest BCUT2D eigenvalue weighted by molar-refractivity contribution is -0.384. The molecule has 0 aliphatic heterocycles. The highest BCUT2D eigenvalue weighted by Crippen LogP contribution is 2.33. The molecule has 0 aliphatic rings. The summed E-state index contributed by atoms with van der Waals surface area (Å²) in [6, 6.07) is 118. The lowest BCUT2D eigenvalue weighted by atomic mass is 10.1. The molecule has 0 amide bonds. The van der Waals surface area contributed by atoms with E-state index in [9.17, 15) is 54.3 Å². The molecule has 0 saturated heterocycles. The number of hydrogen-bond donors (Lipinski definition) is 0. The SMILES string of the molecule is Cc1ccc(-c2nc3ccccc3n(Cc3ccccc3)c2=O)cc1.Cc1ccc([N+](=O)[O-])c(-c2nc3ccccc3n(Cc3ccccc3)c2=O)c1.Cc1ccc([N+](=O)[O-])c(-c2nc3ccccc3n(Cc3ccccc3)c2=O)c1.Cc1cccc(-c2nc3ccccc3n(Cc3ccccc3)c2=O)c1.O=c1c(-c2ccccc2[N+](=O)[O-])nc2ccccc2n1Cc1ccccc1. The van der Waals surface area contributed by atoms with Crippen LogP contribution in [0.5, 0.6) is 0 Å². The van der Waals surface area contributed by atoms with E-state index in [4.69, 9.17) is 0 Å². The molecule has 24 heteroatoms. The molecular formula is C109H85N13O11. The van der Waals surface area contributed by atoms with Gasteiger partial charge >= 0.3 is 0 Å². The van der Waals surface area contributed by atoms with Crippen molar-refractivity contribution >= 4 is 72.2 Å². The van der Waals surface area contributed by atoms with Crippen molar-refractivity contribution in [1.82, 2.24) is 47.8 Å². The van der Waals surface area contributed by atoms with Gasteiger partial charge in [0.2, 0.25) is 0 Å². The first-order valence-electron chi connectivity index (χ1n) is 42.7. The van der Waals surface area contributed by atoms with Crippen molar-refractivity contribution < 1.29 is 14.8 Å². The molecule has 0 spiro atoms. The van der Waals surface area contributed by atoms with Gasteiger partial charge in [0.15, 0.2) is 0 Å². The quantitative estimate of drug-likeness (QED) is 0.0569. The molecule has 0 fully saturated rings. The van der Waals surface area contributed by atoms with E-state index < -0.39 is 14.8 Å². The minimum absolute atomic E-state index is 0.0619. The Balaban J connectivity index is 0.000000121. The van der Waals surface area contributed by atoms with E-state index in [0.29, 0.717) is 77.2 Å². The normalized spacial score (nSPS) is 10.9. The van der Waals surface area contributed by atoms with Crippen LogP contribution in [0, 0.1) is 58.0 Å². The van der Waals surface area contributed by atoms with E-state index >= 15 is 0 Å². The number of benzene rings is 15. The van der Waals surface area contributed by atoms with Crippen LogP contribution in [0.3, 0.4) is 0 Å². The number of para-hydroxylation sites is 11. The van der Waals surface area contributed by atoms with Crippen molar-refractivity contribution in [1.29, 1.82) is 0 Å². The highest BCUT2D eigenvalue weighted by Gasteiger charge is 2.27. The van der Waals surface area contributed by atoms with Crippen molar-refractivity contribution in [3.63, 3.8) is 0 Å². The van der Waals surface area contributed by atoms with Gasteiger partial charge in [-0.05, 0) is 152 Å². The van der Waals surface area contributed by atoms with Gasteiger partial charge in [-0.1, -0.05) is 290 Å². The molecule has 0 unspecified atom stereocenters. The molecule has 0 saturated carbocycles. The minimum atomic E-state index is -0.493. The summed E-state index contributed by atoms with van der Waals surface area (Å²) in [5, 5.41) is 34.5. The average Bonchev–Trinajstić information content (AvgIpc) is 0.772. The second-order valence-electron chi connectivity index (χ2n) is 31.7. The summed E-state index contributed by atoms with van der Waals surface area (Å²) in [6.07, 6.45) is 0. The molecule has 5 aromatic heterocycles. The molecule has 24 nitrogen and oxygen atoms in total. The number of aryl methyl sites for hydroxylation is 4. The van der Waals surface area contributed by atoms with Crippen molar-refractivity contribution in [2.75, 3.05) is 0 Å². The van der Waals surface area contributed by atoms with Crippen LogP contribution in [0.1, 0.15) is 50.1 Å². The van der Waals surface area contributed by atoms with Gasteiger partial charge in [0, 0.05) is 29.3 Å². The molecule has 20 rings (SSSR count). The highest BCUT2D eigenvalue weighted by molar-refractivity contribution is 5.85. The van der Waals surface area contributed by atoms with E-state index in [-0.39, 0.29) is 78.6 Å². The maximum atomic E-state index is 13.4. The largest absolute Gasteiger partial charge is 0.300 e. The van der Waals surface area contributed by atoms with Crippen LogP contribution in [0.25, 0.3) is 111 Å². The zero-order valence-corrected chi connectivity index (χ0v) is 72.7. The molecule has 0 aliphatic carbocycles. The number of aromatic nitrogens is 10. The van der Waals surface area contributed by atoms with E-state index in [1.54, 1.807) is 74.4 Å². The first kappa shape index (κ1) is 88.6. The standard InChI is InChI=1S/2C22H17N3O3.2C22H18N2O.C21H15N3O3/c2*1-15-11-12-19(25(27)28)17(13-15)21-22(26)24(14-16-7-3-2-4-8-16)20-10-6-5-9-18(20)23-21;1-16-8-7-11-18(14-16)21-22(25)24(15-17-9-3-2-4-10-17)20-13-6-5-12-19(20)23-21;1-16-11-13-18(14-12-16)21-22(25)24(15-17-7-3-2-4-8-17)20-10-6-5-9-19(20)23-21;25-21-20(16-10-4-6-12-18(16)24(26)27)22-17-11-5-7-13-19(17)23(21)14-15-8-2-1-3-9-15/h2*2-13H,14H2,1H3;2*2-14H,15H2,1H3;1-13H,14H2. The van der Waals surface area contributed by atoms with Crippen LogP contribution in [-0.4, -0.2) is 62.5 Å². The zero-order chi connectivity index (χ0) is 92.6. The smallest absolute Gasteiger partial charge is 0.278 e. The number of fused-ring (bicyclic) bond motifs is 5. The average molecular weight is 1750 g/mol. The lowest BCUT2D eigenvalue weighted by Crippen LogP contribution is -2.24. The van der Waals surface area contributed by atoms with Crippen LogP contribution in [-0.2, 0) is 32.7 Å². The van der Waals surface area contributed by atoms with Gasteiger partial charge in [-0.15, -0.1) is 0 Å². The Morgan fingerprint density at radius 3 is 0.767 bits per heavy atom. The predicted molar refractivity (Wildman–Crippen MR) is 524 cm³/mol. The summed E-state index contributed by atoms with van der Waals surface area (Å²) in [5.74, 6) is 0. The number of nitrogens with zero attached hydrogens (tertiary/aromatic N) is 13. The number of nitro benzene ring substituents is 3. The Morgan fingerprint density at radius 2 is 0.459 bits per heavy atom. The first-order chi connectivity index (χ1) is 64.7. The molecule has 0 N–H and O–H groups in total. The van der Waals surface area contributed by atoms with E-state index in [0.717, 1.165) is 83.3 Å². The molecule has 0 radical (unpaired) electrons. The molecule has 20 aromatic rings. The molecule has 652 valence electrons. The summed E-state index contributed by atoms with van der Waals surface area (Å²) in [5.41, 5.74) is 18.4. The van der Waals surface area contributed by atoms with Gasteiger partial charge in [-0.25, -0.2) is 24.9 Å². The Labute approximate surface area is 761 Å². The van der Waals surface area contributed by atoms with E-state index in [1.807, 2.05) is 340 Å². The zero-order valence-electron chi connectivity index (χ0n) is 72.7. The monoisotopic (exact) mass is 1750 g/mol. The third-order valence-electron chi connectivity index (χ3n) is 22.4. The second-order valence-corrected chi connectivity index (χ2v) is 31.7. The van der Waals surface area contributed by atoms with Gasteiger partial charge in [0.25, 0.3) is 44.9 Å². The van der Waals surface area contributed by atoms with Gasteiger partial charge in [0.05, 0.1) is 119 Å². The second kappa shape index (κ2) is 40.5. The Bertz CT molecular complexity index is 7880. The van der Waals surface area contributed by atoms with Gasteiger partial charge in [-0.2, -0.15) is 0 Å². The molecule has 0 atom stereocenters. The van der Waals surface area contributed by atoms with E-state index in [2.05, 4.69) is 24.9 Å². The Hall–Kier alpha value is -17.8. The first-order valence-corrected chi connectivity index (χ1v) is 42.7. The van der Waals surface area contributed by atoms with Gasteiger partial charge in [-0.3, -0.25) is 54.3 Å². The van der Waals surface area contributed by atoms with Crippen LogP contribution in [0.2, 0.25) is 0 Å². The third kappa shape index (κ3) is 20.3. The predicted octanol–water partition coefficient (Wildman–Crippen LogP) is 21.5. The summed E-state index contributed by atoms with van der Waals surface area (Å²) < 4.78 is 8.49. The topological polar surface area (TPSA) is 304 Å². The molecular weight excluding hydrogens is 1670 g/mol. The number of rotatable bonds is 18. The van der Waals surface area contributed by atoms with E-state index in [1.165, 1.54) is 18.2 Å². The van der Waals surface area contributed by atoms with Crippen molar-refractivity contribution in [2.45, 2.75) is 60.4 Å². The molecule has 5 heterocycles. The van der Waals surface area contributed by atoms with Crippen molar-refractivity contribution in [3.05, 3.63) is 514 Å². The van der Waals surface area contributed by atoms with Crippen LogP contribution < -0.4 is 27.8 Å². The lowest BCUT2D eigenvalue weighted by Gasteiger charge is -2.13. The van der Waals surface area contributed by atoms with Crippen molar-refractivity contribution in [2.24, 2.45) is 0 Å².